The number of hydrogen-bond donors (Lipinski definition) is 1. The summed E-state index contributed by atoms with van der Waals surface area (Å²) in [5, 5.41) is 3.79. The molecule has 0 aromatic rings. The summed E-state index contributed by atoms with van der Waals surface area (Å²) in [5.74, 6) is 1.89. The lowest BCUT2D eigenvalue weighted by Crippen LogP contribution is -2.41. The van der Waals surface area contributed by atoms with Crippen LogP contribution in [0.15, 0.2) is 0 Å². The molecule has 1 aliphatic carbocycles. The van der Waals surface area contributed by atoms with E-state index in [1.54, 1.807) is 0 Å². The van der Waals surface area contributed by atoms with E-state index in [-0.39, 0.29) is 0 Å². The lowest BCUT2D eigenvalue weighted by molar-refractivity contribution is 0.187. The Bertz CT molecular complexity index is 191. The summed E-state index contributed by atoms with van der Waals surface area (Å²) < 4.78 is 0. The Hall–Kier alpha value is -0.0800. The highest BCUT2D eigenvalue weighted by Crippen LogP contribution is 2.25. The zero-order valence-corrected chi connectivity index (χ0v) is 11.0. The third-order valence-electron chi connectivity index (χ3n) is 4.67. The fraction of sp³-hybridized carbons (Fsp3) is 1.00. The molecule has 1 saturated carbocycles. The minimum atomic E-state index is 0.731. The number of nitrogens with zero attached hydrogens (tertiary/aromatic N) is 1. The van der Waals surface area contributed by atoms with Crippen molar-refractivity contribution in [2.75, 3.05) is 26.7 Å². The molecule has 2 fully saturated rings. The molecule has 0 aromatic heterocycles. The minimum Gasteiger partial charge on any atom is -0.314 e. The van der Waals surface area contributed by atoms with Crippen molar-refractivity contribution >= 4 is 0 Å². The zero-order valence-electron chi connectivity index (χ0n) is 11.0. The van der Waals surface area contributed by atoms with Crippen LogP contribution in [0.1, 0.15) is 45.4 Å². The molecule has 0 amide bonds. The summed E-state index contributed by atoms with van der Waals surface area (Å²) in [6.45, 7) is 6.25. The van der Waals surface area contributed by atoms with Crippen LogP contribution < -0.4 is 5.32 Å². The van der Waals surface area contributed by atoms with Gasteiger partial charge in [-0.3, -0.25) is 0 Å². The van der Waals surface area contributed by atoms with Gasteiger partial charge in [0.05, 0.1) is 0 Å². The van der Waals surface area contributed by atoms with Crippen LogP contribution in [0.5, 0.6) is 0 Å². The van der Waals surface area contributed by atoms with Gasteiger partial charge in [0.15, 0.2) is 0 Å². The van der Waals surface area contributed by atoms with Crippen LogP contribution in [0, 0.1) is 11.8 Å². The Kier molecular flexibility index (Phi) is 4.66. The summed E-state index contributed by atoms with van der Waals surface area (Å²) in [6, 6.07) is 0.731. The van der Waals surface area contributed by atoms with Crippen LogP contribution in [0.2, 0.25) is 0 Å². The highest BCUT2D eigenvalue weighted by molar-refractivity contribution is 4.80. The second-order valence-corrected chi connectivity index (χ2v) is 5.99. The number of piperidine rings is 1. The fourth-order valence-electron chi connectivity index (χ4n) is 3.26. The Morgan fingerprint density at radius 2 is 1.75 bits per heavy atom. The molecule has 1 N–H and O–H groups in total. The topological polar surface area (TPSA) is 15.3 Å². The third-order valence-corrected chi connectivity index (χ3v) is 4.67. The van der Waals surface area contributed by atoms with Gasteiger partial charge in [-0.15, -0.1) is 0 Å². The van der Waals surface area contributed by atoms with Gasteiger partial charge in [-0.2, -0.15) is 0 Å². The van der Waals surface area contributed by atoms with E-state index in [1.807, 2.05) is 0 Å². The lowest BCUT2D eigenvalue weighted by Gasteiger charge is -2.33. The predicted octanol–water partition coefficient (Wildman–Crippen LogP) is 2.50. The molecule has 2 rings (SSSR count). The van der Waals surface area contributed by atoms with Crippen molar-refractivity contribution < 1.29 is 0 Å². The Morgan fingerprint density at radius 1 is 1.12 bits per heavy atom. The van der Waals surface area contributed by atoms with E-state index < -0.39 is 0 Å². The van der Waals surface area contributed by atoms with E-state index in [9.17, 15) is 0 Å². The van der Waals surface area contributed by atoms with Gasteiger partial charge in [0, 0.05) is 6.04 Å². The van der Waals surface area contributed by atoms with E-state index in [2.05, 4.69) is 24.2 Å². The summed E-state index contributed by atoms with van der Waals surface area (Å²) in [6.07, 6.45) is 8.63. The normalized spacial score (nSPS) is 27.4. The number of likely N-dealkylation sites (tertiary alicyclic amines) is 1. The van der Waals surface area contributed by atoms with Crippen LogP contribution >= 0.6 is 0 Å². The Balaban J connectivity index is 1.64. The smallest absolute Gasteiger partial charge is 0.00680 e. The predicted molar refractivity (Wildman–Crippen MR) is 69.6 cm³/mol. The highest BCUT2D eigenvalue weighted by Gasteiger charge is 2.23. The van der Waals surface area contributed by atoms with Crippen LogP contribution in [-0.2, 0) is 0 Å². The molecule has 2 heteroatoms. The van der Waals surface area contributed by atoms with E-state index in [0.717, 1.165) is 17.9 Å². The van der Waals surface area contributed by atoms with Crippen LogP contribution in [0.4, 0.5) is 0 Å². The zero-order chi connectivity index (χ0) is 11.4. The van der Waals surface area contributed by atoms with Crippen molar-refractivity contribution in [2.45, 2.75) is 51.5 Å². The van der Waals surface area contributed by atoms with Crippen molar-refractivity contribution in [2.24, 2.45) is 11.8 Å². The average Bonchev–Trinajstić information content (AvgIpc) is 2.80. The first-order valence-corrected chi connectivity index (χ1v) is 7.17. The monoisotopic (exact) mass is 224 g/mol. The van der Waals surface area contributed by atoms with E-state index in [1.165, 1.54) is 58.2 Å². The molecular formula is C14H28N2. The van der Waals surface area contributed by atoms with Crippen LogP contribution in [0.3, 0.4) is 0 Å². The minimum absolute atomic E-state index is 0.731. The highest BCUT2D eigenvalue weighted by atomic mass is 15.1. The summed E-state index contributed by atoms with van der Waals surface area (Å²) in [4.78, 5) is 2.46. The molecule has 0 aromatic carbocycles. The molecule has 0 radical (unpaired) electrons. The van der Waals surface area contributed by atoms with Gasteiger partial charge in [-0.25, -0.2) is 0 Å². The van der Waals surface area contributed by atoms with Gasteiger partial charge in [-0.1, -0.05) is 12.8 Å². The van der Waals surface area contributed by atoms with Gasteiger partial charge in [0.25, 0.3) is 0 Å². The number of nitrogens with one attached hydrogen (secondary N) is 1. The Morgan fingerprint density at radius 3 is 2.38 bits per heavy atom. The molecule has 94 valence electrons. The quantitative estimate of drug-likeness (QED) is 0.789. The molecule has 1 heterocycles. The Labute approximate surface area is 101 Å². The molecule has 1 unspecified atom stereocenters. The molecule has 1 saturated heterocycles. The maximum atomic E-state index is 3.79. The van der Waals surface area contributed by atoms with Crippen LogP contribution in [-0.4, -0.2) is 37.6 Å². The van der Waals surface area contributed by atoms with Crippen molar-refractivity contribution in [1.82, 2.24) is 10.2 Å². The maximum Gasteiger partial charge on any atom is 0.00680 e. The second kappa shape index (κ2) is 6.02. The van der Waals surface area contributed by atoms with Crippen LogP contribution in [0.25, 0.3) is 0 Å². The van der Waals surface area contributed by atoms with Gasteiger partial charge in [0.1, 0.15) is 0 Å². The summed E-state index contributed by atoms with van der Waals surface area (Å²) in [7, 11) is 2.24. The molecule has 2 aliphatic rings. The van der Waals surface area contributed by atoms with E-state index >= 15 is 0 Å². The van der Waals surface area contributed by atoms with Gasteiger partial charge in [-0.05, 0) is 71.1 Å². The number of hydrogen-bond acceptors (Lipinski definition) is 2. The summed E-state index contributed by atoms with van der Waals surface area (Å²) >= 11 is 0. The third kappa shape index (κ3) is 3.46. The SMILES string of the molecule is CC(NCC1CCCC1)C1CCN(C)CC1. The van der Waals surface area contributed by atoms with E-state index in [0.29, 0.717) is 0 Å². The van der Waals surface area contributed by atoms with E-state index in [4.69, 9.17) is 0 Å². The first kappa shape index (κ1) is 12.4. The fourth-order valence-corrected chi connectivity index (χ4v) is 3.26. The van der Waals surface area contributed by atoms with Gasteiger partial charge in [0.2, 0.25) is 0 Å². The van der Waals surface area contributed by atoms with Gasteiger partial charge < -0.3 is 10.2 Å². The van der Waals surface area contributed by atoms with Gasteiger partial charge >= 0.3 is 0 Å². The maximum absolute atomic E-state index is 3.79. The molecule has 1 aliphatic heterocycles. The molecule has 2 nitrogen and oxygen atoms in total. The molecule has 0 spiro atoms. The summed E-state index contributed by atoms with van der Waals surface area (Å²) in [5.41, 5.74) is 0. The lowest BCUT2D eigenvalue weighted by atomic mass is 9.90. The second-order valence-electron chi connectivity index (χ2n) is 5.99. The molecule has 0 bridgehead atoms. The van der Waals surface area contributed by atoms with Crippen molar-refractivity contribution in [3.8, 4) is 0 Å². The number of rotatable bonds is 4. The standard InChI is InChI=1S/C14H28N2/c1-12(14-7-9-16(2)10-8-14)15-11-13-5-3-4-6-13/h12-15H,3-11H2,1-2H3. The molecular weight excluding hydrogens is 196 g/mol. The van der Waals surface area contributed by atoms with Crippen molar-refractivity contribution in [3.05, 3.63) is 0 Å². The molecule has 16 heavy (non-hydrogen) atoms. The first-order chi connectivity index (χ1) is 7.75. The molecule has 1 atom stereocenters. The van der Waals surface area contributed by atoms with Crippen molar-refractivity contribution in [1.29, 1.82) is 0 Å². The largest absolute Gasteiger partial charge is 0.314 e. The average molecular weight is 224 g/mol. The first-order valence-electron chi connectivity index (χ1n) is 7.17. The van der Waals surface area contributed by atoms with Crippen molar-refractivity contribution in [3.63, 3.8) is 0 Å².